The number of aliphatic imine (C=N–C) groups is 1. The van der Waals surface area contributed by atoms with Gasteiger partial charge in [-0.05, 0) is 52.2 Å². The predicted molar refractivity (Wildman–Crippen MR) is 130 cm³/mol. The molecule has 0 aliphatic carbocycles. The summed E-state index contributed by atoms with van der Waals surface area (Å²) in [5, 5.41) is 3.46. The molecule has 1 aliphatic heterocycles. The standard InChI is InChI=1S/C21H24BrN5O.HI/c1-23-21(24-11-18-14-27-13-17(22)5-8-20(27)25-18)26-10-9-16(12-26)15-3-6-19(28-2)7-4-15;/h3-8,13-14,16H,9-12H2,1-2H3,(H,23,24);1H. The molecule has 1 aliphatic rings. The number of rotatable bonds is 4. The van der Waals surface area contributed by atoms with Crippen LogP contribution in [-0.2, 0) is 6.54 Å². The Labute approximate surface area is 196 Å². The van der Waals surface area contributed by atoms with Crippen LogP contribution in [0.1, 0.15) is 23.6 Å². The second-order valence-electron chi connectivity index (χ2n) is 6.95. The Kier molecular flexibility index (Phi) is 7.39. The molecular formula is C21H25BrIN5O. The Morgan fingerprint density at radius 2 is 2.03 bits per heavy atom. The Balaban J connectivity index is 0.00000240. The van der Waals surface area contributed by atoms with Crippen molar-refractivity contribution in [2.24, 2.45) is 4.99 Å². The van der Waals surface area contributed by atoms with E-state index in [-0.39, 0.29) is 24.0 Å². The van der Waals surface area contributed by atoms with Gasteiger partial charge < -0.3 is 19.4 Å². The number of nitrogens with zero attached hydrogens (tertiary/aromatic N) is 4. The third-order valence-electron chi connectivity index (χ3n) is 5.18. The fourth-order valence-electron chi connectivity index (χ4n) is 3.71. The molecule has 3 aromatic rings. The van der Waals surface area contributed by atoms with E-state index in [0.717, 1.165) is 47.0 Å². The molecule has 1 unspecified atom stereocenters. The van der Waals surface area contributed by atoms with Gasteiger partial charge in [0.2, 0.25) is 0 Å². The molecule has 0 bridgehead atoms. The molecule has 1 aromatic carbocycles. The van der Waals surface area contributed by atoms with E-state index in [1.54, 1.807) is 7.11 Å². The molecule has 2 aromatic heterocycles. The van der Waals surface area contributed by atoms with Crippen molar-refractivity contribution in [1.82, 2.24) is 19.6 Å². The summed E-state index contributed by atoms with van der Waals surface area (Å²) < 4.78 is 8.32. The number of fused-ring (bicyclic) bond motifs is 1. The van der Waals surface area contributed by atoms with Gasteiger partial charge in [0.05, 0.1) is 19.3 Å². The number of aromatic nitrogens is 2. The lowest BCUT2D eigenvalue weighted by Gasteiger charge is -2.21. The van der Waals surface area contributed by atoms with Crippen molar-refractivity contribution in [2.45, 2.75) is 18.9 Å². The number of ether oxygens (including phenoxy) is 1. The lowest BCUT2D eigenvalue weighted by molar-refractivity contribution is 0.414. The lowest BCUT2D eigenvalue weighted by Crippen LogP contribution is -2.39. The topological polar surface area (TPSA) is 54.2 Å². The minimum absolute atomic E-state index is 0. The molecular weight excluding hydrogens is 545 g/mol. The summed E-state index contributed by atoms with van der Waals surface area (Å²) in [4.78, 5) is 11.5. The molecule has 1 N–H and O–H groups in total. The van der Waals surface area contributed by atoms with Gasteiger partial charge >= 0.3 is 0 Å². The summed E-state index contributed by atoms with van der Waals surface area (Å²) in [5.74, 6) is 2.34. The molecule has 0 amide bonds. The number of guanidine groups is 1. The fourth-order valence-corrected chi connectivity index (χ4v) is 4.06. The first-order chi connectivity index (χ1) is 13.7. The maximum Gasteiger partial charge on any atom is 0.193 e. The molecule has 0 radical (unpaired) electrons. The van der Waals surface area contributed by atoms with Crippen LogP contribution in [0.3, 0.4) is 0 Å². The van der Waals surface area contributed by atoms with Crippen molar-refractivity contribution >= 4 is 51.5 Å². The summed E-state index contributed by atoms with van der Waals surface area (Å²) in [6.07, 6.45) is 5.18. The Bertz CT molecular complexity index is 988. The van der Waals surface area contributed by atoms with Crippen molar-refractivity contribution in [3.8, 4) is 5.75 Å². The second-order valence-corrected chi connectivity index (χ2v) is 7.87. The number of benzene rings is 1. The van der Waals surface area contributed by atoms with Gasteiger partial charge in [-0.3, -0.25) is 4.99 Å². The molecule has 8 heteroatoms. The second kappa shape index (κ2) is 9.80. The molecule has 0 spiro atoms. The van der Waals surface area contributed by atoms with Crippen LogP contribution >= 0.6 is 39.9 Å². The van der Waals surface area contributed by atoms with E-state index in [9.17, 15) is 0 Å². The molecule has 0 saturated carbocycles. The van der Waals surface area contributed by atoms with Crippen molar-refractivity contribution in [3.05, 3.63) is 64.5 Å². The number of pyridine rings is 1. The van der Waals surface area contributed by atoms with E-state index < -0.39 is 0 Å². The predicted octanol–water partition coefficient (Wildman–Crippen LogP) is 4.29. The van der Waals surface area contributed by atoms with Crippen LogP contribution in [0, 0.1) is 0 Å². The fraction of sp³-hybridized carbons (Fsp3) is 0.333. The van der Waals surface area contributed by atoms with Gasteiger partial charge in [-0.1, -0.05) is 12.1 Å². The molecule has 1 atom stereocenters. The van der Waals surface area contributed by atoms with Gasteiger partial charge in [0.15, 0.2) is 5.96 Å². The van der Waals surface area contributed by atoms with Gasteiger partial charge in [-0.25, -0.2) is 4.98 Å². The molecule has 3 heterocycles. The number of likely N-dealkylation sites (tertiary alicyclic amines) is 1. The SMILES string of the molecule is CN=C(NCc1cn2cc(Br)ccc2n1)N1CCC(c2ccc(OC)cc2)C1.I. The van der Waals surface area contributed by atoms with Crippen molar-refractivity contribution < 1.29 is 4.74 Å². The molecule has 1 fully saturated rings. The van der Waals surface area contributed by atoms with Gasteiger partial charge in [0.25, 0.3) is 0 Å². The first-order valence-corrected chi connectivity index (χ1v) is 10.2. The smallest absolute Gasteiger partial charge is 0.193 e. The van der Waals surface area contributed by atoms with E-state index in [0.29, 0.717) is 12.5 Å². The highest BCUT2D eigenvalue weighted by molar-refractivity contribution is 14.0. The van der Waals surface area contributed by atoms with E-state index in [1.807, 2.05) is 48.1 Å². The van der Waals surface area contributed by atoms with Gasteiger partial charge in [0.1, 0.15) is 11.4 Å². The minimum atomic E-state index is 0. The summed E-state index contributed by atoms with van der Waals surface area (Å²) in [6, 6.07) is 12.4. The maximum absolute atomic E-state index is 5.26. The average molecular weight is 570 g/mol. The van der Waals surface area contributed by atoms with Crippen LogP contribution < -0.4 is 10.1 Å². The molecule has 154 valence electrons. The van der Waals surface area contributed by atoms with Crippen LogP contribution in [0.4, 0.5) is 0 Å². The van der Waals surface area contributed by atoms with Crippen molar-refractivity contribution in [1.29, 1.82) is 0 Å². The highest BCUT2D eigenvalue weighted by Crippen LogP contribution is 2.28. The number of halogens is 2. The number of hydrogen-bond acceptors (Lipinski definition) is 3. The Morgan fingerprint density at radius 3 is 2.76 bits per heavy atom. The average Bonchev–Trinajstić information content (AvgIpc) is 3.35. The van der Waals surface area contributed by atoms with Crippen LogP contribution in [-0.4, -0.2) is 47.5 Å². The lowest BCUT2D eigenvalue weighted by atomic mass is 9.98. The molecule has 6 nitrogen and oxygen atoms in total. The summed E-state index contributed by atoms with van der Waals surface area (Å²) in [5.41, 5.74) is 3.28. The maximum atomic E-state index is 5.26. The highest BCUT2D eigenvalue weighted by atomic mass is 127. The van der Waals surface area contributed by atoms with Gasteiger partial charge in [0, 0.05) is 42.9 Å². The van der Waals surface area contributed by atoms with Gasteiger partial charge in [-0.15, -0.1) is 24.0 Å². The largest absolute Gasteiger partial charge is 0.497 e. The summed E-state index contributed by atoms with van der Waals surface area (Å²) in [6.45, 7) is 2.61. The van der Waals surface area contributed by atoms with Crippen molar-refractivity contribution in [2.75, 3.05) is 27.2 Å². The van der Waals surface area contributed by atoms with E-state index >= 15 is 0 Å². The van der Waals surface area contributed by atoms with Crippen LogP contribution in [0.25, 0.3) is 5.65 Å². The van der Waals surface area contributed by atoms with E-state index in [4.69, 9.17) is 4.74 Å². The third-order valence-corrected chi connectivity index (χ3v) is 5.65. The summed E-state index contributed by atoms with van der Waals surface area (Å²) in [7, 11) is 3.54. The van der Waals surface area contributed by atoms with E-state index in [2.05, 4.69) is 48.3 Å². The zero-order valence-electron chi connectivity index (χ0n) is 16.5. The highest BCUT2D eigenvalue weighted by Gasteiger charge is 2.26. The first kappa shape index (κ1) is 21.9. The monoisotopic (exact) mass is 569 g/mol. The van der Waals surface area contributed by atoms with Crippen LogP contribution in [0.15, 0.2) is 58.3 Å². The first-order valence-electron chi connectivity index (χ1n) is 9.39. The normalized spacial score (nSPS) is 16.7. The zero-order chi connectivity index (χ0) is 19.5. The Morgan fingerprint density at radius 1 is 1.24 bits per heavy atom. The third kappa shape index (κ3) is 5.03. The molecule has 4 rings (SSSR count). The molecule has 29 heavy (non-hydrogen) atoms. The molecule has 1 saturated heterocycles. The number of hydrogen-bond donors (Lipinski definition) is 1. The van der Waals surface area contributed by atoms with Crippen LogP contribution in [0.5, 0.6) is 5.75 Å². The number of imidazole rings is 1. The zero-order valence-corrected chi connectivity index (χ0v) is 20.4. The minimum Gasteiger partial charge on any atom is -0.497 e. The van der Waals surface area contributed by atoms with Crippen LogP contribution in [0.2, 0.25) is 0 Å². The number of methoxy groups -OCH3 is 1. The Hall–Kier alpha value is -1.81. The number of nitrogens with one attached hydrogen (secondary N) is 1. The quantitative estimate of drug-likeness (QED) is 0.289. The van der Waals surface area contributed by atoms with Gasteiger partial charge in [-0.2, -0.15) is 0 Å². The van der Waals surface area contributed by atoms with E-state index in [1.165, 1.54) is 5.56 Å². The summed E-state index contributed by atoms with van der Waals surface area (Å²) >= 11 is 3.50. The van der Waals surface area contributed by atoms with Crippen molar-refractivity contribution in [3.63, 3.8) is 0 Å².